The lowest BCUT2D eigenvalue weighted by atomic mass is 10.1. The fraction of sp³-hybridized carbons (Fsp3) is 0.500. The monoisotopic (exact) mass is 233 g/mol. The average Bonchev–Trinajstić information content (AvgIpc) is 2.51. The number of anilines is 1. The van der Waals surface area contributed by atoms with Crippen molar-refractivity contribution in [2.24, 2.45) is 0 Å². The Bertz CT molecular complexity index is 403. The number of benzene rings is 1. The zero-order chi connectivity index (χ0) is 12.3. The van der Waals surface area contributed by atoms with Gasteiger partial charge in [0.05, 0.1) is 6.10 Å². The minimum Gasteiger partial charge on any atom is -0.391 e. The van der Waals surface area contributed by atoms with E-state index in [2.05, 4.69) is 4.90 Å². The highest BCUT2D eigenvalue weighted by atomic mass is 16.3. The number of rotatable bonds is 3. The van der Waals surface area contributed by atoms with Gasteiger partial charge in [-0.05, 0) is 25.0 Å². The number of para-hydroxylation sites is 1. The van der Waals surface area contributed by atoms with Gasteiger partial charge in [-0.1, -0.05) is 19.1 Å². The molecule has 0 spiro atoms. The summed E-state index contributed by atoms with van der Waals surface area (Å²) in [7, 11) is 0. The van der Waals surface area contributed by atoms with Crippen molar-refractivity contribution in [2.75, 3.05) is 18.0 Å². The van der Waals surface area contributed by atoms with Gasteiger partial charge in [-0.3, -0.25) is 4.79 Å². The standard InChI is InChI=1S/C14H19NO2/c1-2-11(16)10-15-9-5-8-14(17)12-6-3-4-7-13(12)15/h3-4,6-7,11,16H,2,5,8-10H2,1H3. The van der Waals surface area contributed by atoms with Gasteiger partial charge in [0.2, 0.25) is 0 Å². The molecule has 1 aliphatic heterocycles. The average molecular weight is 233 g/mol. The molecule has 0 aliphatic carbocycles. The topological polar surface area (TPSA) is 40.5 Å². The van der Waals surface area contributed by atoms with Crippen LogP contribution in [0.3, 0.4) is 0 Å². The van der Waals surface area contributed by atoms with Crippen LogP contribution in [0, 0.1) is 0 Å². The molecular weight excluding hydrogens is 214 g/mol. The fourth-order valence-electron chi connectivity index (χ4n) is 2.24. The molecule has 0 radical (unpaired) electrons. The number of nitrogens with zero attached hydrogens (tertiary/aromatic N) is 1. The lowest BCUT2D eigenvalue weighted by Crippen LogP contribution is -2.32. The van der Waals surface area contributed by atoms with Crippen molar-refractivity contribution < 1.29 is 9.90 Å². The summed E-state index contributed by atoms with van der Waals surface area (Å²) in [6.45, 7) is 3.43. The van der Waals surface area contributed by atoms with E-state index in [1.807, 2.05) is 31.2 Å². The van der Waals surface area contributed by atoms with Crippen molar-refractivity contribution in [2.45, 2.75) is 32.3 Å². The molecular formula is C14H19NO2. The first-order valence-corrected chi connectivity index (χ1v) is 6.27. The van der Waals surface area contributed by atoms with Gasteiger partial charge in [0.15, 0.2) is 5.78 Å². The van der Waals surface area contributed by atoms with Gasteiger partial charge in [0.1, 0.15) is 0 Å². The van der Waals surface area contributed by atoms with Crippen molar-refractivity contribution in [1.29, 1.82) is 0 Å². The highest BCUT2D eigenvalue weighted by Gasteiger charge is 2.21. The van der Waals surface area contributed by atoms with Crippen molar-refractivity contribution in [1.82, 2.24) is 0 Å². The first-order valence-electron chi connectivity index (χ1n) is 6.27. The quantitative estimate of drug-likeness (QED) is 0.870. The molecule has 1 heterocycles. The van der Waals surface area contributed by atoms with Crippen molar-refractivity contribution in [3.8, 4) is 0 Å². The Kier molecular flexibility index (Phi) is 3.79. The zero-order valence-electron chi connectivity index (χ0n) is 10.2. The molecule has 0 fully saturated rings. The SMILES string of the molecule is CCC(O)CN1CCCC(=O)c2ccccc21. The molecule has 0 aromatic heterocycles. The normalized spacial score (nSPS) is 17.5. The molecule has 0 saturated heterocycles. The van der Waals surface area contributed by atoms with E-state index < -0.39 is 0 Å². The van der Waals surface area contributed by atoms with Crippen LogP contribution in [0.25, 0.3) is 0 Å². The van der Waals surface area contributed by atoms with Gasteiger partial charge in [-0.25, -0.2) is 0 Å². The van der Waals surface area contributed by atoms with Gasteiger partial charge < -0.3 is 10.0 Å². The van der Waals surface area contributed by atoms with E-state index in [9.17, 15) is 9.90 Å². The number of ketones is 1. The van der Waals surface area contributed by atoms with E-state index >= 15 is 0 Å². The molecule has 1 unspecified atom stereocenters. The van der Waals surface area contributed by atoms with Crippen LogP contribution >= 0.6 is 0 Å². The second-order valence-corrected chi connectivity index (χ2v) is 4.55. The lowest BCUT2D eigenvalue weighted by Gasteiger charge is -2.26. The molecule has 1 aliphatic rings. The third-order valence-corrected chi connectivity index (χ3v) is 3.28. The highest BCUT2D eigenvalue weighted by molar-refractivity contribution is 6.01. The lowest BCUT2D eigenvalue weighted by molar-refractivity contribution is 0.0984. The Morgan fingerprint density at radius 3 is 2.94 bits per heavy atom. The number of Topliss-reactive ketones (excluding diaryl/α,β-unsaturated/α-hetero) is 1. The molecule has 3 nitrogen and oxygen atoms in total. The number of aliphatic hydroxyl groups excluding tert-OH is 1. The summed E-state index contributed by atoms with van der Waals surface area (Å²) in [6.07, 6.45) is 1.89. The molecule has 0 amide bonds. The summed E-state index contributed by atoms with van der Waals surface area (Å²) >= 11 is 0. The third kappa shape index (κ3) is 2.67. The van der Waals surface area contributed by atoms with Gasteiger partial charge in [-0.2, -0.15) is 0 Å². The van der Waals surface area contributed by atoms with Crippen LogP contribution in [0.15, 0.2) is 24.3 Å². The zero-order valence-corrected chi connectivity index (χ0v) is 10.2. The summed E-state index contributed by atoms with van der Waals surface area (Å²) in [6, 6.07) is 7.70. The van der Waals surface area contributed by atoms with Crippen molar-refractivity contribution in [3.05, 3.63) is 29.8 Å². The Morgan fingerprint density at radius 1 is 1.41 bits per heavy atom. The van der Waals surface area contributed by atoms with Gasteiger partial charge in [0, 0.05) is 30.8 Å². The Labute approximate surface area is 102 Å². The van der Waals surface area contributed by atoms with E-state index in [0.29, 0.717) is 13.0 Å². The van der Waals surface area contributed by atoms with E-state index in [1.54, 1.807) is 0 Å². The maximum Gasteiger partial charge on any atom is 0.165 e. The predicted octanol–water partition coefficient (Wildman–Crippen LogP) is 2.24. The number of hydrogen-bond donors (Lipinski definition) is 1. The van der Waals surface area contributed by atoms with E-state index in [-0.39, 0.29) is 11.9 Å². The summed E-state index contributed by atoms with van der Waals surface area (Å²) in [5.74, 6) is 0.217. The number of carbonyl (C=O) groups is 1. The molecule has 1 aromatic carbocycles. The molecule has 17 heavy (non-hydrogen) atoms. The van der Waals surface area contributed by atoms with Crippen LogP contribution in [-0.4, -0.2) is 30.1 Å². The fourth-order valence-corrected chi connectivity index (χ4v) is 2.24. The van der Waals surface area contributed by atoms with Gasteiger partial charge in [-0.15, -0.1) is 0 Å². The molecule has 2 rings (SSSR count). The number of carbonyl (C=O) groups excluding carboxylic acids is 1. The minimum atomic E-state index is -0.323. The van der Waals surface area contributed by atoms with Crippen molar-refractivity contribution in [3.63, 3.8) is 0 Å². The number of β-amino-alcohol motifs (C(OH)–C–C–N with tert-alkyl or cyclic N) is 1. The molecule has 1 N–H and O–H groups in total. The maximum absolute atomic E-state index is 11.9. The number of aliphatic hydroxyl groups is 1. The Balaban J connectivity index is 2.28. The third-order valence-electron chi connectivity index (χ3n) is 3.28. The smallest absolute Gasteiger partial charge is 0.165 e. The molecule has 0 bridgehead atoms. The van der Waals surface area contributed by atoms with Crippen LogP contribution in [-0.2, 0) is 0 Å². The van der Waals surface area contributed by atoms with Gasteiger partial charge in [0.25, 0.3) is 0 Å². The largest absolute Gasteiger partial charge is 0.391 e. The molecule has 1 aromatic rings. The Morgan fingerprint density at radius 2 is 2.18 bits per heavy atom. The summed E-state index contributed by atoms with van der Waals surface area (Å²) in [5.41, 5.74) is 1.77. The van der Waals surface area contributed by atoms with Gasteiger partial charge >= 0.3 is 0 Å². The minimum absolute atomic E-state index is 0.217. The number of fused-ring (bicyclic) bond motifs is 1. The van der Waals surface area contributed by atoms with Crippen molar-refractivity contribution >= 4 is 11.5 Å². The summed E-state index contributed by atoms with van der Waals surface area (Å²) in [5, 5.41) is 9.77. The van der Waals surface area contributed by atoms with E-state index in [0.717, 1.165) is 30.6 Å². The summed E-state index contributed by atoms with van der Waals surface area (Å²) in [4.78, 5) is 14.1. The predicted molar refractivity (Wildman–Crippen MR) is 68.5 cm³/mol. The van der Waals surface area contributed by atoms with Crippen LogP contribution in [0.4, 0.5) is 5.69 Å². The summed E-state index contributed by atoms with van der Waals surface area (Å²) < 4.78 is 0. The second kappa shape index (κ2) is 5.32. The van der Waals surface area contributed by atoms with E-state index in [1.165, 1.54) is 0 Å². The Hall–Kier alpha value is -1.35. The highest BCUT2D eigenvalue weighted by Crippen LogP contribution is 2.26. The van der Waals surface area contributed by atoms with Crippen LogP contribution in [0.5, 0.6) is 0 Å². The molecule has 1 atom stereocenters. The van der Waals surface area contributed by atoms with Crippen LogP contribution in [0.2, 0.25) is 0 Å². The number of hydrogen-bond acceptors (Lipinski definition) is 3. The van der Waals surface area contributed by atoms with Crippen LogP contribution < -0.4 is 4.90 Å². The molecule has 92 valence electrons. The first-order chi connectivity index (χ1) is 8.22. The van der Waals surface area contributed by atoms with E-state index in [4.69, 9.17) is 0 Å². The molecule has 0 saturated carbocycles. The second-order valence-electron chi connectivity index (χ2n) is 4.55. The first kappa shape index (κ1) is 12.1. The molecule has 3 heteroatoms. The van der Waals surface area contributed by atoms with Crippen LogP contribution in [0.1, 0.15) is 36.5 Å². The maximum atomic E-state index is 11.9.